The molecule has 0 radical (unpaired) electrons. The van der Waals surface area contributed by atoms with Gasteiger partial charge in [-0.05, 0) is 66.3 Å². The van der Waals surface area contributed by atoms with Crippen LogP contribution in [0.1, 0.15) is 30.7 Å². The normalized spacial score (nSPS) is 14.0. The Bertz CT molecular complexity index is 1670. The van der Waals surface area contributed by atoms with E-state index in [1.165, 1.54) is 0 Å². The van der Waals surface area contributed by atoms with Gasteiger partial charge in [-0.25, -0.2) is 4.79 Å². The smallest absolute Gasteiger partial charge is 0.413 e. The standard InChI is InChI=1S/C30H27F3N6O2/c1-37-26-17-23(9-10-24(26)18-34-37)21-11-13-25(14-12-21)39(29(40)38-15-3-2-4-16-38)19-20-5-7-22(8-6-20)27-35-36-28(41-27)30(31,32)33/h5-14,17-18H,2-4,15-16,19H2,1H3. The number of likely N-dealkylation sites (tertiary alicyclic amines) is 1. The molecule has 0 N–H and O–H groups in total. The average molecular weight is 561 g/mol. The molecule has 0 aliphatic carbocycles. The van der Waals surface area contributed by atoms with E-state index >= 15 is 0 Å². The molecule has 3 heterocycles. The third-order valence-electron chi connectivity index (χ3n) is 7.33. The van der Waals surface area contributed by atoms with Crippen molar-refractivity contribution in [1.29, 1.82) is 0 Å². The van der Waals surface area contributed by atoms with E-state index in [1.807, 2.05) is 53.2 Å². The maximum absolute atomic E-state index is 13.7. The summed E-state index contributed by atoms with van der Waals surface area (Å²) in [7, 11) is 1.91. The first-order chi connectivity index (χ1) is 19.8. The molecule has 0 spiro atoms. The number of halogens is 3. The number of amides is 2. The molecule has 8 nitrogen and oxygen atoms in total. The number of urea groups is 1. The van der Waals surface area contributed by atoms with Crippen LogP contribution in [0.25, 0.3) is 33.5 Å². The van der Waals surface area contributed by atoms with E-state index in [0.29, 0.717) is 18.7 Å². The van der Waals surface area contributed by atoms with Crippen molar-refractivity contribution >= 4 is 22.6 Å². The molecule has 0 atom stereocenters. The number of alkyl halides is 3. The van der Waals surface area contributed by atoms with Gasteiger partial charge in [-0.1, -0.05) is 36.4 Å². The minimum absolute atomic E-state index is 0.0791. The second-order valence-electron chi connectivity index (χ2n) is 10.1. The molecule has 11 heteroatoms. The summed E-state index contributed by atoms with van der Waals surface area (Å²) in [4.78, 5) is 17.3. The highest BCUT2D eigenvalue weighted by Gasteiger charge is 2.38. The maximum atomic E-state index is 13.7. The zero-order valence-corrected chi connectivity index (χ0v) is 22.3. The lowest BCUT2D eigenvalue weighted by atomic mass is 10.0. The van der Waals surface area contributed by atoms with Gasteiger partial charge in [0.25, 0.3) is 0 Å². The number of benzene rings is 3. The molecule has 5 aromatic rings. The van der Waals surface area contributed by atoms with Crippen LogP contribution in [-0.2, 0) is 19.8 Å². The number of rotatable bonds is 5. The predicted octanol–water partition coefficient (Wildman–Crippen LogP) is 6.92. The predicted molar refractivity (Wildman–Crippen MR) is 148 cm³/mol. The number of aromatic nitrogens is 4. The van der Waals surface area contributed by atoms with Gasteiger partial charge in [0.05, 0.1) is 18.3 Å². The summed E-state index contributed by atoms with van der Waals surface area (Å²) in [6.07, 6.45) is 0.163. The van der Waals surface area contributed by atoms with Crippen molar-refractivity contribution in [2.75, 3.05) is 18.0 Å². The van der Waals surface area contributed by atoms with Crippen molar-refractivity contribution in [3.8, 4) is 22.6 Å². The molecule has 2 amide bonds. The van der Waals surface area contributed by atoms with Crippen LogP contribution in [0, 0.1) is 0 Å². The molecule has 1 aliphatic rings. The number of nitrogens with zero attached hydrogens (tertiary/aromatic N) is 6. The molecule has 0 unspecified atom stereocenters. The number of anilines is 1. The Labute approximate surface area is 234 Å². The topological polar surface area (TPSA) is 80.3 Å². The lowest BCUT2D eigenvalue weighted by molar-refractivity contribution is -0.156. The molecule has 1 fully saturated rings. The van der Waals surface area contributed by atoms with E-state index in [1.54, 1.807) is 29.2 Å². The number of piperidine rings is 1. The second-order valence-corrected chi connectivity index (χ2v) is 10.1. The van der Waals surface area contributed by atoms with Gasteiger partial charge in [-0.15, -0.1) is 10.2 Å². The van der Waals surface area contributed by atoms with Gasteiger partial charge in [-0.2, -0.15) is 18.3 Å². The molecule has 3 aromatic carbocycles. The highest BCUT2D eigenvalue weighted by atomic mass is 19.4. The second kappa shape index (κ2) is 10.7. The number of fused-ring (bicyclic) bond motifs is 1. The Morgan fingerprint density at radius 2 is 1.59 bits per heavy atom. The van der Waals surface area contributed by atoms with Crippen molar-refractivity contribution in [2.45, 2.75) is 32.0 Å². The Kier molecular flexibility index (Phi) is 6.94. The Morgan fingerprint density at radius 3 is 2.27 bits per heavy atom. The summed E-state index contributed by atoms with van der Waals surface area (Å²) in [6, 6.07) is 20.7. The number of hydrogen-bond donors (Lipinski definition) is 0. The van der Waals surface area contributed by atoms with Crippen LogP contribution < -0.4 is 4.90 Å². The zero-order valence-electron chi connectivity index (χ0n) is 22.3. The molecule has 1 aliphatic heterocycles. The number of hydrogen-bond acceptors (Lipinski definition) is 5. The molecular weight excluding hydrogens is 533 g/mol. The molecule has 6 rings (SSSR count). The summed E-state index contributed by atoms with van der Waals surface area (Å²) in [5.41, 5.74) is 5.02. The van der Waals surface area contributed by atoms with Crippen molar-refractivity contribution in [1.82, 2.24) is 24.9 Å². The van der Waals surface area contributed by atoms with Gasteiger partial charge in [0, 0.05) is 36.8 Å². The van der Waals surface area contributed by atoms with Gasteiger partial charge in [0.1, 0.15) is 0 Å². The van der Waals surface area contributed by atoms with E-state index in [-0.39, 0.29) is 18.5 Å². The van der Waals surface area contributed by atoms with Crippen LogP contribution in [0.5, 0.6) is 0 Å². The molecular formula is C30H27F3N6O2. The van der Waals surface area contributed by atoms with Crippen LogP contribution in [-0.4, -0.2) is 44.0 Å². The Hall–Kier alpha value is -4.67. The fourth-order valence-electron chi connectivity index (χ4n) is 5.07. The van der Waals surface area contributed by atoms with Crippen molar-refractivity contribution < 1.29 is 22.4 Å². The number of carbonyl (C=O) groups is 1. The lowest BCUT2D eigenvalue weighted by Gasteiger charge is -2.33. The third kappa shape index (κ3) is 5.52. The van der Waals surface area contributed by atoms with E-state index in [2.05, 4.69) is 27.4 Å². The van der Waals surface area contributed by atoms with Crippen molar-refractivity contribution in [3.63, 3.8) is 0 Å². The monoisotopic (exact) mass is 560 g/mol. The lowest BCUT2D eigenvalue weighted by Crippen LogP contribution is -2.45. The summed E-state index contributed by atoms with van der Waals surface area (Å²) in [5.74, 6) is -1.61. The quantitative estimate of drug-likeness (QED) is 0.233. The third-order valence-corrected chi connectivity index (χ3v) is 7.33. The number of aryl methyl sites for hydroxylation is 1. The molecule has 2 aromatic heterocycles. The van der Waals surface area contributed by atoms with E-state index < -0.39 is 12.1 Å². The molecule has 0 saturated carbocycles. The SMILES string of the molecule is Cn1ncc2ccc(-c3ccc(N(Cc4ccc(-c5nnc(C(F)(F)F)o5)cc4)C(=O)N4CCCCC4)cc3)cc21. The van der Waals surface area contributed by atoms with Crippen LogP contribution in [0.4, 0.5) is 23.7 Å². The highest BCUT2D eigenvalue weighted by molar-refractivity contribution is 5.92. The van der Waals surface area contributed by atoms with Crippen LogP contribution in [0.15, 0.2) is 77.3 Å². The van der Waals surface area contributed by atoms with Gasteiger partial charge >= 0.3 is 18.1 Å². The summed E-state index contributed by atoms with van der Waals surface area (Å²) in [5, 5.41) is 12.0. The largest absolute Gasteiger partial charge is 0.470 e. The molecule has 1 saturated heterocycles. The minimum atomic E-state index is -4.71. The van der Waals surface area contributed by atoms with Gasteiger partial charge in [0.15, 0.2) is 0 Å². The molecule has 0 bridgehead atoms. The first-order valence-electron chi connectivity index (χ1n) is 13.3. The fourth-order valence-corrected chi connectivity index (χ4v) is 5.07. The zero-order chi connectivity index (χ0) is 28.6. The summed E-state index contributed by atoms with van der Waals surface area (Å²) in [6.45, 7) is 1.69. The van der Waals surface area contributed by atoms with Crippen LogP contribution in [0.3, 0.4) is 0 Å². The first kappa shape index (κ1) is 26.5. The average Bonchev–Trinajstić information content (AvgIpc) is 3.64. The van der Waals surface area contributed by atoms with Crippen molar-refractivity contribution in [3.05, 3.63) is 84.4 Å². The summed E-state index contributed by atoms with van der Waals surface area (Å²) < 4.78 is 45.2. The Morgan fingerprint density at radius 1 is 0.902 bits per heavy atom. The van der Waals surface area contributed by atoms with Crippen molar-refractivity contribution in [2.24, 2.45) is 7.05 Å². The first-order valence-corrected chi connectivity index (χ1v) is 13.3. The van der Waals surface area contributed by atoms with E-state index in [4.69, 9.17) is 4.42 Å². The fraction of sp³-hybridized carbons (Fsp3) is 0.267. The minimum Gasteiger partial charge on any atom is -0.413 e. The number of carbonyl (C=O) groups excluding carboxylic acids is 1. The molecule has 41 heavy (non-hydrogen) atoms. The van der Waals surface area contributed by atoms with Gasteiger partial charge in [-0.3, -0.25) is 9.58 Å². The van der Waals surface area contributed by atoms with Crippen LogP contribution in [0.2, 0.25) is 0 Å². The summed E-state index contributed by atoms with van der Waals surface area (Å²) >= 11 is 0. The van der Waals surface area contributed by atoms with E-state index in [0.717, 1.165) is 52.5 Å². The van der Waals surface area contributed by atoms with E-state index in [9.17, 15) is 18.0 Å². The van der Waals surface area contributed by atoms with Gasteiger partial charge < -0.3 is 9.32 Å². The maximum Gasteiger partial charge on any atom is 0.470 e. The Balaban J connectivity index is 1.26. The van der Waals surface area contributed by atoms with Gasteiger partial charge in [0.2, 0.25) is 5.89 Å². The molecule has 210 valence electrons. The van der Waals surface area contributed by atoms with Crippen LogP contribution >= 0.6 is 0 Å². The highest BCUT2D eigenvalue weighted by Crippen LogP contribution is 2.31.